The zero-order chi connectivity index (χ0) is 33.6. The number of pyridine rings is 1. The van der Waals surface area contributed by atoms with Gasteiger partial charge in [-0.05, 0) is 68.7 Å². The fourth-order valence-electron chi connectivity index (χ4n) is 6.61. The van der Waals surface area contributed by atoms with Crippen LogP contribution in [0.1, 0.15) is 52.2 Å². The molecule has 3 N–H and O–H groups in total. The minimum absolute atomic E-state index is 0.0409. The van der Waals surface area contributed by atoms with Gasteiger partial charge in [0.1, 0.15) is 5.75 Å². The van der Waals surface area contributed by atoms with Gasteiger partial charge in [0.25, 0.3) is 5.91 Å². The van der Waals surface area contributed by atoms with Gasteiger partial charge < -0.3 is 20.5 Å². The Bertz CT molecular complexity index is 1900. The summed E-state index contributed by atoms with van der Waals surface area (Å²) in [6.07, 6.45) is 4.28. The number of methoxy groups -OCH3 is 1. The number of benzene rings is 2. The minimum Gasteiger partial charge on any atom is -0.496 e. The van der Waals surface area contributed by atoms with Crippen LogP contribution in [-0.2, 0) is 17.6 Å². The lowest BCUT2D eigenvalue weighted by atomic mass is 9.85. The van der Waals surface area contributed by atoms with E-state index in [-0.39, 0.29) is 17.9 Å². The van der Waals surface area contributed by atoms with Crippen LogP contribution in [0.3, 0.4) is 0 Å². The number of piperazine rings is 1. The van der Waals surface area contributed by atoms with Gasteiger partial charge in [0, 0.05) is 70.9 Å². The second-order valence-electron chi connectivity index (χ2n) is 12.4. The number of aromatic nitrogens is 3. The highest BCUT2D eigenvalue weighted by atomic mass is 35.5. The van der Waals surface area contributed by atoms with Gasteiger partial charge in [0.05, 0.1) is 36.0 Å². The number of ether oxygens (including phenoxy) is 1. The summed E-state index contributed by atoms with van der Waals surface area (Å²) < 4.78 is 7.51. The molecule has 6 rings (SSSR count). The highest BCUT2D eigenvalue weighted by molar-refractivity contribution is 6.34. The molecular weight excluding hydrogens is 643 g/mol. The van der Waals surface area contributed by atoms with Crippen LogP contribution in [-0.4, -0.2) is 86.3 Å². The number of carbonyl (C=O) groups is 3. The van der Waals surface area contributed by atoms with Crippen molar-refractivity contribution >= 4 is 41.0 Å². The van der Waals surface area contributed by atoms with Gasteiger partial charge in [0.2, 0.25) is 5.91 Å². The van der Waals surface area contributed by atoms with Gasteiger partial charge in [0.15, 0.2) is 5.69 Å². The van der Waals surface area contributed by atoms with Crippen molar-refractivity contribution < 1.29 is 24.2 Å². The lowest BCUT2D eigenvalue weighted by molar-refractivity contribution is -0.137. The molecule has 0 saturated carbocycles. The molecule has 0 radical (unpaired) electrons. The normalized spacial score (nSPS) is 15.6. The first-order chi connectivity index (χ1) is 22.4. The molecule has 244 valence electrons. The molecule has 2 aromatic carbocycles. The number of hydrogen-bond acceptors (Lipinski definition) is 7. The number of carboxylic acids is 1. The Morgan fingerprint density at radius 3 is 2.40 bits per heavy atom. The fraction of sp³-hybridized carbons (Fsp3) is 0.324. The minimum atomic E-state index is -0.850. The maximum atomic E-state index is 14.5. The van der Waals surface area contributed by atoms with Crippen molar-refractivity contribution in [3.8, 4) is 33.8 Å². The number of aliphatic carboxylic acids is 1. The molecule has 0 atom stereocenters. The van der Waals surface area contributed by atoms with E-state index < -0.39 is 17.4 Å². The number of carboxylic acid groups (broad SMARTS) is 1. The summed E-state index contributed by atoms with van der Waals surface area (Å²) in [5, 5.41) is 15.0. The largest absolute Gasteiger partial charge is 0.496 e. The van der Waals surface area contributed by atoms with Crippen LogP contribution in [0.25, 0.3) is 28.1 Å². The topological polar surface area (TPSA) is 144 Å². The maximum Gasteiger partial charge on any atom is 0.304 e. The second-order valence-corrected chi connectivity index (χ2v) is 13.3. The average molecular weight is 678 g/mol. The molecule has 2 aromatic heterocycles. The van der Waals surface area contributed by atoms with Crippen molar-refractivity contribution in [1.29, 1.82) is 0 Å². The number of nitrogens with zero attached hydrogens (tertiary/aromatic N) is 5. The molecule has 13 heteroatoms. The Labute approximate surface area is 281 Å². The van der Waals surface area contributed by atoms with Gasteiger partial charge in [-0.1, -0.05) is 23.2 Å². The highest BCUT2D eigenvalue weighted by Gasteiger charge is 2.40. The standard InChI is InChI=1S/C34H34Cl2N6O5/c1-34(2)18-40(7-6-29(43)44)8-9-41(34)33(46)30-25-5-4-19-11-28(47-3)26(20-10-21(32(37)45)17-38-16-20)15-27(19)31(25)42(39-30)24-13-22(35)12-23(36)14-24/h10-17H,4-9,18H2,1-3H3,(H2,37,45)(H,43,44). The molecule has 1 aliphatic carbocycles. The Morgan fingerprint density at radius 2 is 1.74 bits per heavy atom. The molecule has 0 unspecified atom stereocenters. The van der Waals surface area contributed by atoms with Crippen LogP contribution in [0.15, 0.2) is 48.8 Å². The average Bonchev–Trinajstić information content (AvgIpc) is 3.42. The first-order valence-electron chi connectivity index (χ1n) is 15.2. The summed E-state index contributed by atoms with van der Waals surface area (Å²) in [4.78, 5) is 45.7. The molecule has 2 amide bonds. The van der Waals surface area contributed by atoms with Crippen LogP contribution in [0.5, 0.6) is 5.75 Å². The number of nitrogens with two attached hydrogens (primary N) is 1. The highest BCUT2D eigenvalue weighted by Crippen LogP contribution is 2.44. The second kappa shape index (κ2) is 12.6. The summed E-state index contributed by atoms with van der Waals surface area (Å²) in [7, 11) is 1.59. The smallest absolute Gasteiger partial charge is 0.304 e. The van der Waals surface area contributed by atoms with E-state index in [1.807, 2.05) is 30.9 Å². The third kappa shape index (κ3) is 6.30. The number of carbonyl (C=O) groups excluding carboxylic acids is 2. The maximum absolute atomic E-state index is 14.5. The van der Waals surface area contributed by atoms with Crippen molar-refractivity contribution in [3.63, 3.8) is 0 Å². The molecule has 4 aromatic rings. The van der Waals surface area contributed by atoms with Crippen LogP contribution < -0.4 is 10.5 Å². The van der Waals surface area contributed by atoms with Gasteiger partial charge in [-0.2, -0.15) is 5.10 Å². The molecule has 11 nitrogen and oxygen atoms in total. The van der Waals surface area contributed by atoms with Crippen LogP contribution in [0.4, 0.5) is 0 Å². The Morgan fingerprint density at radius 1 is 1.00 bits per heavy atom. The van der Waals surface area contributed by atoms with Gasteiger partial charge in [-0.3, -0.25) is 24.3 Å². The van der Waals surface area contributed by atoms with Gasteiger partial charge in [-0.25, -0.2) is 4.68 Å². The molecule has 1 fully saturated rings. The number of amides is 2. The molecule has 1 saturated heterocycles. The fourth-order valence-corrected chi connectivity index (χ4v) is 7.13. The van der Waals surface area contributed by atoms with Gasteiger partial charge in [-0.15, -0.1) is 0 Å². The number of hydrogen-bond donors (Lipinski definition) is 2. The van der Waals surface area contributed by atoms with Gasteiger partial charge >= 0.3 is 5.97 Å². The van der Waals surface area contributed by atoms with E-state index in [1.165, 1.54) is 6.20 Å². The van der Waals surface area contributed by atoms with E-state index in [4.69, 9.17) is 38.8 Å². The summed E-state index contributed by atoms with van der Waals surface area (Å²) >= 11 is 12.9. The number of primary amides is 1. The first kappa shape index (κ1) is 32.5. The van der Waals surface area contributed by atoms with Crippen molar-refractivity contribution in [2.24, 2.45) is 5.73 Å². The molecule has 1 aliphatic heterocycles. The van der Waals surface area contributed by atoms with E-state index in [9.17, 15) is 19.5 Å². The molecule has 47 heavy (non-hydrogen) atoms. The molecule has 3 heterocycles. The Hall–Kier alpha value is -4.45. The van der Waals surface area contributed by atoms with E-state index in [1.54, 1.807) is 42.3 Å². The van der Waals surface area contributed by atoms with Crippen molar-refractivity contribution in [2.45, 2.75) is 38.6 Å². The lowest BCUT2D eigenvalue weighted by Gasteiger charge is -2.47. The monoisotopic (exact) mass is 676 g/mol. The zero-order valence-electron chi connectivity index (χ0n) is 26.2. The third-order valence-electron chi connectivity index (χ3n) is 8.80. The summed E-state index contributed by atoms with van der Waals surface area (Å²) in [5.41, 5.74) is 10.9. The van der Waals surface area contributed by atoms with E-state index in [2.05, 4.69) is 9.88 Å². The van der Waals surface area contributed by atoms with Crippen LogP contribution in [0, 0.1) is 0 Å². The van der Waals surface area contributed by atoms with Crippen molar-refractivity contribution in [1.82, 2.24) is 24.6 Å². The summed E-state index contributed by atoms with van der Waals surface area (Å²) in [6.45, 7) is 5.90. The van der Waals surface area contributed by atoms with E-state index >= 15 is 0 Å². The Kier molecular flexibility index (Phi) is 8.73. The van der Waals surface area contributed by atoms with Crippen molar-refractivity contribution in [2.75, 3.05) is 33.3 Å². The number of fused-ring (bicyclic) bond motifs is 3. The predicted octanol–water partition coefficient (Wildman–Crippen LogP) is 5.13. The number of aryl methyl sites for hydroxylation is 1. The molecular formula is C34H34Cl2N6O5. The van der Waals surface area contributed by atoms with E-state index in [0.717, 1.165) is 22.4 Å². The summed E-state index contributed by atoms with van der Waals surface area (Å²) in [6, 6.07) is 10.7. The summed E-state index contributed by atoms with van der Waals surface area (Å²) in [5.74, 6) is -1.04. The molecule has 0 bridgehead atoms. The van der Waals surface area contributed by atoms with Crippen molar-refractivity contribution in [3.05, 3.63) is 81.2 Å². The zero-order valence-corrected chi connectivity index (χ0v) is 27.7. The molecule has 0 spiro atoms. The van der Waals surface area contributed by atoms with E-state index in [0.29, 0.717) is 77.3 Å². The van der Waals surface area contributed by atoms with Crippen LogP contribution in [0.2, 0.25) is 10.0 Å². The quantitative estimate of drug-likeness (QED) is 0.262. The lowest BCUT2D eigenvalue weighted by Crippen LogP contribution is -2.61. The molecule has 2 aliphatic rings. The predicted molar refractivity (Wildman–Crippen MR) is 179 cm³/mol. The number of halogens is 2. The SMILES string of the molecule is COc1cc2c(cc1-c1cncc(C(N)=O)c1)-c1c(c(C(=O)N3CCN(CCC(=O)O)CC3(C)C)nn1-c1cc(Cl)cc(Cl)c1)CC2. The first-order valence-corrected chi connectivity index (χ1v) is 15.9. The van der Waals surface area contributed by atoms with Crippen LogP contribution >= 0.6 is 23.2 Å². The number of rotatable bonds is 8. The Balaban J connectivity index is 1.50. The third-order valence-corrected chi connectivity index (χ3v) is 9.24.